The Labute approximate surface area is 246 Å². The van der Waals surface area contributed by atoms with Gasteiger partial charge in [-0.1, -0.05) is 0 Å². The predicted molar refractivity (Wildman–Crippen MR) is 154 cm³/mol. The molecule has 3 aliphatic rings. The van der Waals surface area contributed by atoms with Gasteiger partial charge in [-0.2, -0.15) is 0 Å². The Morgan fingerprint density at radius 2 is 1.18 bits per heavy atom. The minimum absolute atomic E-state index is 0.0498. The van der Waals surface area contributed by atoms with Crippen LogP contribution in [-0.4, -0.2) is 86.4 Å². The smallest absolute Gasteiger partial charge is 0.253 e. The average Bonchev–Trinajstić information content (AvgIpc) is 3.61. The Kier molecular flexibility index (Phi) is 9.81. The molecule has 0 saturated carbocycles. The highest BCUT2D eigenvalue weighted by molar-refractivity contribution is 9.10. The summed E-state index contributed by atoms with van der Waals surface area (Å²) in [5, 5.41) is 0. The van der Waals surface area contributed by atoms with Gasteiger partial charge in [0.25, 0.3) is 11.8 Å². The van der Waals surface area contributed by atoms with E-state index >= 15 is 0 Å². The van der Waals surface area contributed by atoms with Gasteiger partial charge in [0.05, 0.1) is 21.2 Å². The van der Waals surface area contributed by atoms with Crippen LogP contribution in [0.15, 0.2) is 45.3 Å². The van der Waals surface area contributed by atoms with Gasteiger partial charge in [0.2, 0.25) is 0 Å². The normalized spacial score (nSPS) is 21.6. The molecule has 3 heterocycles. The van der Waals surface area contributed by atoms with E-state index in [2.05, 4.69) is 31.9 Å². The van der Waals surface area contributed by atoms with Crippen molar-refractivity contribution in [2.45, 2.75) is 44.3 Å². The molecular weight excluding hydrogens is 632 g/mol. The first-order valence-electron chi connectivity index (χ1n) is 13.6. The molecule has 0 aliphatic carbocycles. The van der Waals surface area contributed by atoms with E-state index in [1.54, 1.807) is 24.3 Å². The van der Waals surface area contributed by atoms with Crippen LogP contribution in [0, 0.1) is 0 Å². The maximum Gasteiger partial charge on any atom is 0.253 e. The fourth-order valence-electron chi connectivity index (χ4n) is 5.11. The van der Waals surface area contributed by atoms with Crippen molar-refractivity contribution in [3.63, 3.8) is 0 Å². The molecule has 2 amide bonds. The summed E-state index contributed by atoms with van der Waals surface area (Å²) in [6.07, 6.45) is 5.12. The standard InChI is InChI=1S/C29H34Br2N2O6/c30-24-16-20(6-8-26(24)38-18-22-4-1-14-36-22)28(34)32-10-3-11-33(13-12-32)29(35)21-7-9-27(25(31)17-21)39-19-23-5-2-15-37-23/h6-9,16-17,22-23H,1-5,10-15,18-19H2. The molecule has 0 radical (unpaired) electrons. The molecule has 8 nitrogen and oxygen atoms in total. The number of carbonyl (C=O) groups excluding carboxylic acids is 2. The molecule has 0 bridgehead atoms. The predicted octanol–water partition coefficient (Wildman–Crippen LogP) is 5.32. The number of halogens is 2. The Bertz CT molecular complexity index is 1080. The summed E-state index contributed by atoms with van der Waals surface area (Å²) in [6.45, 7) is 4.72. The maximum atomic E-state index is 13.3. The second kappa shape index (κ2) is 13.5. The van der Waals surface area contributed by atoms with Crippen LogP contribution in [0.3, 0.4) is 0 Å². The van der Waals surface area contributed by atoms with E-state index in [1.165, 1.54) is 0 Å². The van der Waals surface area contributed by atoms with Gasteiger partial charge in [0, 0.05) is 50.5 Å². The van der Waals surface area contributed by atoms with Crippen molar-refractivity contribution in [3.05, 3.63) is 56.5 Å². The van der Waals surface area contributed by atoms with Crippen LogP contribution in [0.2, 0.25) is 0 Å². The van der Waals surface area contributed by atoms with Crippen molar-refractivity contribution in [2.75, 3.05) is 52.6 Å². The molecule has 2 atom stereocenters. The number of benzene rings is 2. The first-order valence-corrected chi connectivity index (χ1v) is 15.2. The number of amides is 2. The second-order valence-electron chi connectivity index (χ2n) is 10.1. The van der Waals surface area contributed by atoms with Gasteiger partial charge in [0.1, 0.15) is 24.7 Å². The quantitative estimate of drug-likeness (QED) is 0.380. The minimum Gasteiger partial charge on any atom is -0.490 e. The third kappa shape index (κ3) is 7.34. The Balaban J connectivity index is 1.14. The Morgan fingerprint density at radius 1 is 0.718 bits per heavy atom. The van der Waals surface area contributed by atoms with Gasteiger partial charge in [0.15, 0.2) is 0 Å². The number of nitrogens with zero attached hydrogens (tertiary/aromatic N) is 2. The molecule has 2 aromatic rings. The van der Waals surface area contributed by atoms with Gasteiger partial charge in [-0.3, -0.25) is 9.59 Å². The zero-order valence-electron chi connectivity index (χ0n) is 21.9. The van der Waals surface area contributed by atoms with E-state index in [9.17, 15) is 9.59 Å². The van der Waals surface area contributed by atoms with Crippen molar-refractivity contribution < 1.29 is 28.5 Å². The molecule has 5 rings (SSSR count). The zero-order chi connectivity index (χ0) is 27.2. The summed E-state index contributed by atoms with van der Waals surface area (Å²) in [5.74, 6) is 1.30. The van der Waals surface area contributed by atoms with E-state index in [-0.39, 0.29) is 24.0 Å². The number of hydrogen-bond donors (Lipinski definition) is 0. The number of carbonyl (C=O) groups is 2. The van der Waals surface area contributed by atoms with Gasteiger partial charge in [-0.25, -0.2) is 0 Å². The van der Waals surface area contributed by atoms with Crippen LogP contribution < -0.4 is 9.47 Å². The topological polar surface area (TPSA) is 77.5 Å². The molecule has 210 valence electrons. The van der Waals surface area contributed by atoms with Crippen molar-refractivity contribution in [1.29, 1.82) is 0 Å². The summed E-state index contributed by atoms with van der Waals surface area (Å²) >= 11 is 7.10. The van der Waals surface area contributed by atoms with E-state index in [0.29, 0.717) is 68.4 Å². The summed E-state index contributed by atoms with van der Waals surface area (Å²) in [6, 6.07) is 10.9. The molecule has 2 unspecified atom stereocenters. The molecule has 0 spiro atoms. The van der Waals surface area contributed by atoms with Crippen LogP contribution in [0.25, 0.3) is 0 Å². The van der Waals surface area contributed by atoms with Crippen molar-refractivity contribution in [3.8, 4) is 11.5 Å². The zero-order valence-corrected chi connectivity index (χ0v) is 25.1. The lowest BCUT2D eigenvalue weighted by Crippen LogP contribution is -2.37. The van der Waals surface area contributed by atoms with E-state index < -0.39 is 0 Å². The average molecular weight is 666 g/mol. The molecule has 2 aromatic carbocycles. The van der Waals surface area contributed by atoms with Crippen LogP contribution in [-0.2, 0) is 9.47 Å². The molecule has 3 fully saturated rings. The Hall–Kier alpha value is -2.14. The van der Waals surface area contributed by atoms with E-state index in [4.69, 9.17) is 18.9 Å². The summed E-state index contributed by atoms with van der Waals surface area (Å²) in [5.41, 5.74) is 1.18. The molecule has 0 N–H and O–H groups in total. The molecule has 39 heavy (non-hydrogen) atoms. The minimum atomic E-state index is -0.0498. The number of hydrogen-bond acceptors (Lipinski definition) is 6. The SMILES string of the molecule is O=C(c1ccc(OCC2CCCO2)c(Br)c1)N1CCCN(C(=O)c2ccc(OCC3CCCO3)c(Br)c2)CC1. The molecule has 0 aromatic heterocycles. The fourth-order valence-corrected chi connectivity index (χ4v) is 6.09. The summed E-state index contributed by atoms with van der Waals surface area (Å²) in [4.78, 5) is 30.2. The van der Waals surface area contributed by atoms with Gasteiger partial charge >= 0.3 is 0 Å². The first-order chi connectivity index (χ1) is 19.0. The van der Waals surface area contributed by atoms with Crippen LogP contribution in [0.1, 0.15) is 52.8 Å². The van der Waals surface area contributed by atoms with E-state index in [1.807, 2.05) is 21.9 Å². The lowest BCUT2D eigenvalue weighted by atomic mass is 10.2. The highest BCUT2D eigenvalue weighted by atomic mass is 79.9. The Morgan fingerprint density at radius 3 is 1.56 bits per heavy atom. The lowest BCUT2D eigenvalue weighted by molar-refractivity contribution is 0.0675. The monoisotopic (exact) mass is 664 g/mol. The number of rotatable bonds is 8. The van der Waals surface area contributed by atoms with Gasteiger partial charge in [-0.05, 0) is 100 Å². The lowest BCUT2D eigenvalue weighted by Gasteiger charge is -2.23. The van der Waals surface area contributed by atoms with Crippen LogP contribution in [0.5, 0.6) is 11.5 Å². The molecule has 3 saturated heterocycles. The second-order valence-corrected chi connectivity index (χ2v) is 11.8. The molecular formula is C29H34Br2N2O6. The highest BCUT2D eigenvalue weighted by Crippen LogP contribution is 2.29. The third-order valence-electron chi connectivity index (χ3n) is 7.33. The first kappa shape index (κ1) is 28.4. The van der Waals surface area contributed by atoms with Gasteiger partial charge < -0.3 is 28.7 Å². The largest absolute Gasteiger partial charge is 0.490 e. The van der Waals surface area contributed by atoms with Crippen molar-refractivity contribution in [1.82, 2.24) is 9.80 Å². The van der Waals surface area contributed by atoms with Gasteiger partial charge in [-0.15, -0.1) is 0 Å². The maximum absolute atomic E-state index is 13.3. The third-order valence-corrected chi connectivity index (χ3v) is 8.56. The fraction of sp³-hybridized carbons (Fsp3) is 0.517. The van der Waals surface area contributed by atoms with Crippen molar-refractivity contribution >= 4 is 43.7 Å². The summed E-state index contributed by atoms with van der Waals surface area (Å²) < 4.78 is 24.5. The molecule has 10 heteroatoms. The summed E-state index contributed by atoms with van der Waals surface area (Å²) in [7, 11) is 0. The van der Waals surface area contributed by atoms with E-state index in [0.717, 1.165) is 47.8 Å². The van der Waals surface area contributed by atoms with Crippen LogP contribution in [0.4, 0.5) is 0 Å². The van der Waals surface area contributed by atoms with Crippen LogP contribution >= 0.6 is 31.9 Å². The number of ether oxygens (including phenoxy) is 4. The molecule has 3 aliphatic heterocycles. The van der Waals surface area contributed by atoms with Crippen molar-refractivity contribution in [2.24, 2.45) is 0 Å². The highest BCUT2D eigenvalue weighted by Gasteiger charge is 2.25.